The van der Waals surface area contributed by atoms with E-state index in [2.05, 4.69) is 5.32 Å². The second-order valence-corrected chi connectivity index (χ2v) is 2.45. The first-order valence-corrected chi connectivity index (χ1v) is 3.81. The summed E-state index contributed by atoms with van der Waals surface area (Å²) in [5, 5.41) is 11.2. The van der Waals surface area contributed by atoms with Crippen LogP contribution in [0.25, 0.3) is 0 Å². The molecular formula is C9H9NO4. The van der Waals surface area contributed by atoms with E-state index in [1.165, 1.54) is 19.2 Å². The predicted molar refractivity (Wildman–Crippen MR) is 49.6 cm³/mol. The maximum Gasteiger partial charge on any atom is 0.341 e. The van der Waals surface area contributed by atoms with Crippen molar-refractivity contribution in [2.45, 2.75) is 0 Å². The van der Waals surface area contributed by atoms with Gasteiger partial charge < -0.3 is 15.2 Å². The molecule has 0 radical (unpaired) electrons. The number of hydrogen-bond acceptors (Lipinski definition) is 3. The van der Waals surface area contributed by atoms with E-state index < -0.39 is 5.97 Å². The highest BCUT2D eigenvalue weighted by Crippen LogP contribution is 2.25. The summed E-state index contributed by atoms with van der Waals surface area (Å²) in [5.74, 6) is -0.934. The Morgan fingerprint density at radius 3 is 2.79 bits per heavy atom. The molecule has 0 aliphatic carbocycles. The minimum absolute atomic E-state index is 0.0536. The lowest BCUT2D eigenvalue weighted by atomic mass is 10.1. The van der Waals surface area contributed by atoms with Crippen LogP contribution in [0.3, 0.4) is 0 Å². The smallest absolute Gasteiger partial charge is 0.341 e. The van der Waals surface area contributed by atoms with Gasteiger partial charge in [0.25, 0.3) is 0 Å². The number of carbonyl (C=O) groups excluding carboxylic acids is 1. The van der Waals surface area contributed by atoms with E-state index in [1.54, 1.807) is 6.07 Å². The lowest BCUT2D eigenvalue weighted by Crippen LogP contribution is -2.06. The molecule has 0 aliphatic rings. The Kier molecular flexibility index (Phi) is 3.06. The van der Waals surface area contributed by atoms with E-state index in [9.17, 15) is 9.59 Å². The molecule has 0 bridgehead atoms. The van der Waals surface area contributed by atoms with Crippen molar-refractivity contribution in [2.75, 3.05) is 12.4 Å². The Morgan fingerprint density at radius 2 is 2.29 bits per heavy atom. The van der Waals surface area contributed by atoms with Crippen LogP contribution in [0.15, 0.2) is 18.2 Å². The van der Waals surface area contributed by atoms with Gasteiger partial charge in [-0.25, -0.2) is 4.79 Å². The molecule has 0 aromatic heterocycles. The van der Waals surface area contributed by atoms with Crippen molar-refractivity contribution in [2.24, 2.45) is 0 Å². The van der Waals surface area contributed by atoms with Crippen LogP contribution in [0.4, 0.5) is 5.69 Å². The molecule has 74 valence electrons. The summed E-state index contributed by atoms with van der Waals surface area (Å²) in [4.78, 5) is 21.0. The molecule has 0 spiro atoms. The van der Waals surface area contributed by atoms with Gasteiger partial charge in [-0.1, -0.05) is 6.07 Å². The molecule has 5 heteroatoms. The Hall–Kier alpha value is -2.04. The number of carboxylic acid groups (broad SMARTS) is 1. The fourth-order valence-electron chi connectivity index (χ4n) is 1.11. The van der Waals surface area contributed by atoms with E-state index in [1.807, 2.05) is 0 Å². The van der Waals surface area contributed by atoms with Crippen molar-refractivity contribution in [3.05, 3.63) is 23.8 Å². The molecule has 1 amide bonds. The summed E-state index contributed by atoms with van der Waals surface area (Å²) in [6.45, 7) is 0. The van der Waals surface area contributed by atoms with Crippen LogP contribution in [-0.2, 0) is 4.79 Å². The first-order chi connectivity index (χ1) is 6.70. The number of hydrogen-bond donors (Lipinski definition) is 2. The van der Waals surface area contributed by atoms with Crippen molar-refractivity contribution in [3.63, 3.8) is 0 Å². The van der Waals surface area contributed by atoms with E-state index in [0.29, 0.717) is 6.41 Å². The monoisotopic (exact) mass is 195 g/mol. The molecule has 0 saturated carbocycles. The highest BCUT2D eigenvalue weighted by atomic mass is 16.5. The number of nitrogens with one attached hydrogen (secondary N) is 1. The van der Waals surface area contributed by atoms with Crippen LogP contribution in [0, 0.1) is 0 Å². The van der Waals surface area contributed by atoms with Crippen molar-refractivity contribution < 1.29 is 19.4 Å². The molecule has 5 nitrogen and oxygen atoms in total. The molecule has 0 unspecified atom stereocenters. The van der Waals surface area contributed by atoms with E-state index in [-0.39, 0.29) is 17.0 Å². The van der Waals surface area contributed by atoms with Gasteiger partial charge in [0, 0.05) is 0 Å². The Morgan fingerprint density at radius 1 is 1.57 bits per heavy atom. The molecular weight excluding hydrogens is 186 g/mol. The highest BCUT2D eigenvalue weighted by molar-refractivity contribution is 5.99. The number of ether oxygens (including phenoxy) is 1. The zero-order valence-corrected chi connectivity index (χ0v) is 7.48. The predicted octanol–water partition coefficient (Wildman–Crippen LogP) is 0.962. The van der Waals surface area contributed by atoms with Crippen LogP contribution in [0.5, 0.6) is 5.75 Å². The van der Waals surface area contributed by atoms with Gasteiger partial charge in [0.1, 0.15) is 11.3 Å². The second-order valence-electron chi connectivity index (χ2n) is 2.45. The number of rotatable bonds is 4. The Balaban J connectivity index is 3.27. The molecule has 1 aromatic rings. The van der Waals surface area contributed by atoms with Crippen LogP contribution >= 0.6 is 0 Å². The first-order valence-electron chi connectivity index (χ1n) is 3.81. The van der Waals surface area contributed by atoms with Crippen LogP contribution < -0.4 is 10.1 Å². The second kappa shape index (κ2) is 4.27. The van der Waals surface area contributed by atoms with E-state index in [4.69, 9.17) is 9.84 Å². The molecule has 1 rings (SSSR count). The third-order valence-corrected chi connectivity index (χ3v) is 1.67. The zero-order valence-electron chi connectivity index (χ0n) is 7.48. The van der Waals surface area contributed by atoms with Gasteiger partial charge in [-0.05, 0) is 12.1 Å². The van der Waals surface area contributed by atoms with Gasteiger partial charge in [0.05, 0.1) is 12.8 Å². The van der Waals surface area contributed by atoms with Crippen molar-refractivity contribution in [1.29, 1.82) is 0 Å². The van der Waals surface area contributed by atoms with E-state index in [0.717, 1.165) is 0 Å². The van der Waals surface area contributed by atoms with E-state index >= 15 is 0 Å². The van der Waals surface area contributed by atoms with Gasteiger partial charge in [0.15, 0.2) is 0 Å². The molecule has 0 atom stereocenters. The lowest BCUT2D eigenvalue weighted by molar-refractivity contribution is -0.105. The number of methoxy groups -OCH3 is 1. The number of benzene rings is 1. The third-order valence-electron chi connectivity index (χ3n) is 1.67. The largest absolute Gasteiger partial charge is 0.496 e. The topological polar surface area (TPSA) is 75.6 Å². The number of amides is 1. The van der Waals surface area contributed by atoms with Crippen molar-refractivity contribution in [1.82, 2.24) is 0 Å². The maximum absolute atomic E-state index is 10.8. The highest BCUT2D eigenvalue weighted by Gasteiger charge is 2.15. The number of carboxylic acids is 1. The fraction of sp³-hybridized carbons (Fsp3) is 0.111. The zero-order chi connectivity index (χ0) is 10.6. The Labute approximate surface area is 80.3 Å². The van der Waals surface area contributed by atoms with Gasteiger partial charge in [-0.15, -0.1) is 0 Å². The summed E-state index contributed by atoms with van der Waals surface area (Å²) in [6, 6.07) is 4.59. The standard InChI is InChI=1S/C9H9NO4/c1-14-7-4-2-3-6(10-5-11)8(7)9(12)13/h2-5H,1H3,(H,10,11)(H,12,13). The molecule has 2 N–H and O–H groups in total. The number of aromatic carboxylic acids is 1. The fourth-order valence-corrected chi connectivity index (χ4v) is 1.11. The minimum atomic E-state index is -1.15. The summed E-state index contributed by atoms with van der Waals surface area (Å²) < 4.78 is 4.86. The van der Waals surface area contributed by atoms with Crippen LogP contribution in [-0.4, -0.2) is 24.6 Å². The first kappa shape index (κ1) is 10.0. The van der Waals surface area contributed by atoms with Crippen molar-refractivity contribution >= 4 is 18.1 Å². The number of carbonyl (C=O) groups is 2. The van der Waals surface area contributed by atoms with Gasteiger partial charge in [-0.3, -0.25) is 4.79 Å². The maximum atomic E-state index is 10.8. The quantitative estimate of drug-likeness (QED) is 0.701. The minimum Gasteiger partial charge on any atom is -0.496 e. The van der Waals surface area contributed by atoms with Crippen molar-refractivity contribution in [3.8, 4) is 5.75 Å². The average molecular weight is 195 g/mol. The summed E-state index contributed by atoms with van der Waals surface area (Å²) >= 11 is 0. The molecule has 0 heterocycles. The molecule has 0 fully saturated rings. The third kappa shape index (κ3) is 1.82. The lowest BCUT2D eigenvalue weighted by Gasteiger charge is -2.08. The summed E-state index contributed by atoms with van der Waals surface area (Å²) in [6.07, 6.45) is 0.418. The normalized spacial score (nSPS) is 9.21. The van der Waals surface area contributed by atoms with Gasteiger partial charge in [-0.2, -0.15) is 0 Å². The molecule has 14 heavy (non-hydrogen) atoms. The molecule has 1 aromatic carbocycles. The SMILES string of the molecule is COc1cccc(NC=O)c1C(=O)O. The summed E-state index contributed by atoms with van der Waals surface area (Å²) in [5.41, 5.74) is 0.161. The number of anilines is 1. The average Bonchev–Trinajstić information content (AvgIpc) is 2.17. The molecule has 0 saturated heterocycles. The van der Waals surface area contributed by atoms with Crippen LogP contribution in [0.1, 0.15) is 10.4 Å². The molecule has 0 aliphatic heterocycles. The summed E-state index contributed by atoms with van der Waals surface area (Å²) in [7, 11) is 1.37. The van der Waals surface area contributed by atoms with Crippen LogP contribution in [0.2, 0.25) is 0 Å². The van der Waals surface area contributed by atoms with Gasteiger partial charge >= 0.3 is 5.97 Å². The van der Waals surface area contributed by atoms with Gasteiger partial charge in [0.2, 0.25) is 6.41 Å². The Bertz CT molecular complexity index is 362.